The first-order chi connectivity index (χ1) is 26.5. The van der Waals surface area contributed by atoms with Gasteiger partial charge in [0.2, 0.25) is 11.8 Å². The van der Waals surface area contributed by atoms with E-state index in [-0.39, 0.29) is 0 Å². The molecule has 6 aromatic carbocycles. The van der Waals surface area contributed by atoms with Crippen molar-refractivity contribution < 1.29 is 19.2 Å². The van der Waals surface area contributed by atoms with E-state index in [1.807, 2.05) is 103 Å². The highest BCUT2D eigenvalue weighted by atomic mass is 35.5. The number of anilines is 2. The Hall–Kier alpha value is -6.49. The number of H-pyrrole nitrogens is 1. The van der Waals surface area contributed by atoms with Gasteiger partial charge in [0.05, 0.1) is 11.4 Å². The lowest BCUT2D eigenvalue weighted by Crippen LogP contribution is -2.41. The summed E-state index contributed by atoms with van der Waals surface area (Å²) in [7, 11) is 0. The molecule has 0 radical (unpaired) electrons. The minimum atomic E-state index is -0.704. The summed E-state index contributed by atoms with van der Waals surface area (Å²) in [4.78, 5) is 51.9. The predicted octanol–water partition coefficient (Wildman–Crippen LogP) is 8.87. The number of hydrogen-bond donors (Lipinski definition) is 5. The third-order valence-electron chi connectivity index (χ3n) is 9.12. The van der Waals surface area contributed by atoms with Gasteiger partial charge in [-0.25, -0.2) is 0 Å². The smallest absolute Gasteiger partial charge is 0.258 e. The summed E-state index contributed by atoms with van der Waals surface area (Å²) in [5.41, 5.74) is 5.28. The van der Waals surface area contributed by atoms with Gasteiger partial charge in [-0.05, 0) is 95.6 Å². The van der Waals surface area contributed by atoms with Crippen molar-refractivity contribution in [3.05, 3.63) is 149 Å². The number of rotatable bonds is 10. The van der Waals surface area contributed by atoms with Crippen LogP contribution in [0.3, 0.4) is 0 Å². The molecule has 7 rings (SSSR count). The van der Waals surface area contributed by atoms with Gasteiger partial charge in [-0.3, -0.25) is 34.9 Å². The molecule has 4 amide bonds. The van der Waals surface area contributed by atoms with Crippen LogP contribution >= 0.6 is 23.2 Å². The third kappa shape index (κ3) is 8.36. The van der Waals surface area contributed by atoms with Crippen molar-refractivity contribution >= 4 is 79.8 Å². The number of nitrogens with zero attached hydrogens (tertiary/aromatic N) is 1. The Morgan fingerprint density at radius 1 is 0.564 bits per heavy atom. The summed E-state index contributed by atoms with van der Waals surface area (Å²) >= 11 is 12.5. The van der Waals surface area contributed by atoms with Crippen LogP contribution in [0, 0.1) is 0 Å². The molecule has 0 aliphatic carbocycles. The topological polar surface area (TPSA) is 145 Å². The molecule has 1 heterocycles. The molecule has 12 heteroatoms. The molecule has 274 valence electrons. The van der Waals surface area contributed by atoms with Gasteiger partial charge < -0.3 is 10.6 Å². The van der Waals surface area contributed by atoms with E-state index < -0.39 is 35.7 Å². The lowest BCUT2D eigenvalue weighted by atomic mass is 10.0. The van der Waals surface area contributed by atoms with E-state index in [9.17, 15) is 19.2 Å². The molecular weight excluding hydrogens is 735 g/mol. The van der Waals surface area contributed by atoms with Crippen LogP contribution in [0.2, 0.25) is 10.0 Å². The van der Waals surface area contributed by atoms with Crippen molar-refractivity contribution in [3.63, 3.8) is 0 Å². The highest BCUT2D eigenvalue weighted by Crippen LogP contribution is 2.28. The molecule has 2 atom stereocenters. The summed E-state index contributed by atoms with van der Waals surface area (Å²) in [6.45, 7) is 3.35. The van der Waals surface area contributed by atoms with Gasteiger partial charge in [0.15, 0.2) is 0 Å². The molecule has 0 saturated carbocycles. The quantitative estimate of drug-likeness (QED) is 0.0935. The van der Waals surface area contributed by atoms with Crippen molar-refractivity contribution in [1.29, 1.82) is 0 Å². The van der Waals surface area contributed by atoms with Crippen LogP contribution in [-0.2, 0) is 9.59 Å². The minimum absolute atomic E-state index is 0.326. The average Bonchev–Trinajstić information content (AvgIpc) is 3.68. The highest BCUT2D eigenvalue weighted by Gasteiger charge is 2.21. The maximum absolute atomic E-state index is 13.0. The summed E-state index contributed by atoms with van der Waals surface area (Å²) in [6.07, 6.45) is 0. The van der Waals surface area contributed by atoms with E-state index in [0.29, 0.717) is 43.3 Å². The first kappa shape index (κ1) is 36.9. The summed E-state index contributed by atoms with van der Waals surface area (Å²) < 4.78 is 0. The molecule has 0 spiro atoms. The maximum atomic E-state index is 13.0. The Balaban J connectivity index is 0.928. The van der Waals surface area contributed by atoms with Crippen LogP contribution in [0.5, 0.6) is 0 Å². The second-order valence-electron chi connectivity index (χ2n) is 13.0. The molecule has 5 N–H and O–H groups in total. The van der Waals surface area contributed by atoms with Crippen LogP contribution in [0.1, 0.15) is 34.6 Å². The highest BCUT2D eigenvalue weighted by molar-refractivity contribution is 6.33. The van der Waals surface area contributed by atoms with Gasteiger partial charge in [-0.1, -0.05) is 96.0 Å². The average molecular weight is 770 g/mol. The van der Waals surface area contributed by atoms with Gasteiger partial charge in [-0.15, -0.1) is 0 Å². The van der Waals surface area contributed by atoms with Crippen LogP contribution in [-0.4, -0.2) is 45.9 Å². The molecule has 1 aromatic heterocycles. The number of fused-ring (bicyclic) bond motifs is 2. The number of aromatic nitrogens is 2. The van der Waals surface area contributed by atoms with Crippen molar-refractivity contribution in [2.75, 3.05) is 10.6 Å². The van der Waals surface area contributed by atoms with Gasteiger partial charge in [0.25, 0.3) is 11.8 Å². The Kier molecular flexibility index (Phi) is 10.6. The summed E-state index contributed by atoms with van der Waals surface area (Å²) in [6, 6.07) is 36.8. The molecule has 0 fully saturated rings. The molecule has 0 aliphatic rings. The zero-order valence-electron chi connectivity index (χ0n) is 29.6. The summed E-state index contributed by atoms with van der Waals surface area (Å²) in [5, 5.41) is 22.6. The predicted molar refractivity (Wildman–Crippen MR) is 218 cm³/mol. The SMILES string of the molecule is C[C@H](Nc1ccc(-c2cc(-c3ccc(N[C@@H](C)C(=O)NC(=O)c4cc(Cl)cc5ccccc45)cc3)[nH]n2)cc1)C(=O)NC(=O)c1cc(Cl)cc2ccccc12. The molecule has 55 heavy (non-hydrogen) atoms. The Morgan fingerprint density at radius 2 is 1.00 bits per heavy atom. The molecule has 0 aliphatic heterocycles. The van der Waals surface area contributed by atoms with Crippen molar-refractivity contribution in [2.45, 2.75) is 25.9 Å². The van der Waals surface area contributed by atoms with Crippen molar-refractivity contribution in [1.82, 2.24) is 20.8 Å². The fraction of sp³-hybridized carbons (Fsp3) is 0.0930. The number of imide groups is 2. The van der Waals surface area contributed by atoms with Crippen LogP contribution in [0.25, 0.3) is 44.1 Å². The van der Waals surface area contributed by atoms with E-state index in [4.69, 9.17) is 23.2 Å². The second kappa shape index (κ2) is 15.9. The maximum Gasteiger partial charge on any atom is 0.258 e. The number of hydrogen-bond acceptors (Lipinski definition) is 7. The van der Waals surface area contributed by atoms with Gasteiger partial charge in [0, 0.05) is 38.1 Å². The minimum Gasteiger partial charge on any atom is -0.374 e. The number of halogens is 2. The van der Waals surface area contributed by atoms with Crippen LogP contribution in [0.4, 0.5) is 11.4 Å². The lowest BCUT2D eigenvalue weighted by Gasteiger charge is -2.15. The largest absolute Gasteiger partial charge is 0.374 e. The lowest BCUT2D eigenvalue weighted by molar-refractivity contribution is -0.121. The third-order valence-corrected chi connectivity index (χ3v) is 9.56. The van der Waals surface area contributed by atoms with Crippen molar-refractivity contribution in [3.8, 4) is 22.5 Å². The Labute approximate surface area is 326 Å². The van der Waals surface area contributed by atoms with Crippen LogP contribution < -0.4 is 21.3 Å². The number of aromatic amines is 1. The Morgan fingerprint density at radius 3 is 1.47 bits per heavy atom. The molecule has 7 aromatic rings. The number of carbonyl (C=O) groups is 4. The zero-order chi connectivity index (χ0) is 38.6. The molecule has 0 unspecified atom stereocenters. The Bertz CT molecular complexity index is 2410. The first-order valence-electron chi connectivity index (χ1n) is 17.4. The normalized spacial score (nSPS) is 12.1. The van der Waals surface area contributed by atoms with E-state index in [2.05, 4.69) is 31.5 Å². The van der Waals surface area contributed by atoms with E-state index >= 15 is 0 Å². The zero-order valence-corrected chi connectivity index (χ0v) is 31.1. The number of amides is 4. The molecule has 0 bridgehead atoms. The van der Waals surface area contributed by atoms with E-state index in [0.717, 1.165) is 33.3 Å². The fourth-order valence-corrected chi connectivity index (χ4v) is 6.68. The van der Waals surface area contributed by atoms with E-state index in [1.165, 1.54) is 0 Å². The van der Waals surface area contributed by atoms with Gasteiger partial charge in [0.1, 0.15) is 12.1 Å². The first-order valence-corrected chi connectivity index (χ1v) is 18.1. The molecule has 10 nitrogen and oxygen atoms in total. The number of carbonyl (C=O) groups excluding carboxylic acids is 4. The molecule has 0 saturated heterocycles. The summed E-state index contributed by atoms with van der Waals surface area (Å²) in [5.74, 6) is -2.01. The number of benzene rings is 6. The second-order valence-corrected chi connectivity index (χ2v) is 13.9. The van der Waals surface area contributed by atoms with E-state index in [1.54, 1.807) is 38.1 Å². The van der Waals surface area contributed by atoms with Crippen molar-refractivity contribution in [2.24, 2.45) is 0 Å². The monoisotopic (exact) mass is 768 g/mol. The van der Waals surface area contributed by atoms with Gasteiger partial charge in [-0.2, -0.15) is 5.10 Å². The fourth-order valence-electron chi connectivity index (χ4n) is 6.23. The molecular formula is C43H34Cl2N6O4. The number of nitrogens with one attached hydrogen (secondary N) is 5. The standard InChI is InChI=1S/C43H34Cl2N6O4/c1-24(40(52)48-42(54)36-21-30(44)19-28-7-3-5-9-34(28)36)46-32-15-11-26(12-16-32)38-23-39(51-50-38)27-13-17-33(18-14-27)47-25(2)41(53)49-43(55)37-22-31(45)20-29-8-4-6-10-35(29)37/h3-25,46-47H,1-2H3,(H,50,51)(H,48,52,54)(H,49,53,55)/t24-,25-/m0/s1. The van der Waals surface area contributed by atoms with Crippen LogP contribution in [0.15, 0.2) is 127 Å². The van der Waals surface area contributed by atoms with Gasteiger partial charge >= 0.3 is 0 Å².